The molecule has 0 radical (unpaired) electrons. The van der Waals surface area contributed by atoms with E-state index in [0.717, 1.165) is 6.42 Å². The molecule has 104 valence electrons. The van der Waals surface area contributed by atoms with Crippen molar-refractivity contribution in [1.29, 1.82) is 0 Å². The van der Waals surface area contributed by atoms with Crippen molar-refractivity contribution >= 4 is 5.97 Å². The van der Waals surface area contributed by atoms with Crippen molar-refractivity contribution < 1.29 is 14.6 Å². The van der Waals surface area contributed by atoms with E-state index in [2.05, 4.69) is 12.1 Å². The Balaban J connectivity index is 1.91. The molecule has 20 heavy (non-hydrogen) atoms. The van der Waals surface area contributed by atoms with E-state index in [0.29, 0.717) is 5.75 Å². The molecule has 0 aliphatic carbocycles. The van der Waals surface area contributed by atoms with Gasteiger partial charge in [0.1, 0.15) is 18.4 Å². The minimum atomic E-state index is -1.06. The lowest BCUT2D eigenvalue weighted by atomic mass is 10.1. The second-order valence-electron chi connectivity index (χ2n) is 4.56. The summed E-state index contributed by atoms with van der Waals surface area (Å²) >= 11 is 0. The summed E-state index contributed by atoms with van der Waals surface area (Å²) < 4.78 is 5.33. The highest BCUT2D eigenvalue weighted by atomic mass is 16.5. The molecular formula is C16H17NO3. The Kier molecular flexibility index (Phi) is 4.74. The highest BCUT2D eigenvalue weighted by molar-refractivity contribution is 5.73. The van der Waals surface area contributed by atoms with Crippen molar-refractivity contribution in [2.24, 2.45) is 5.73 Å². The van der Waals surface area contributed by atoms with E-state index in [1.54, 1.807) is 0 Å². The topological polar surface area (TPSA) is 72.5 Å². The Morgan fingerprint density at radius 3 is 2.25 bits per heavy atom. The number of carboxylic acid groups (broad SMARTS) is 1. The summed E-state index contributed by atoms with van der Waals surface area (Å²) in [6.07, 6.45) is 0.857. The molecule has 0 aromatic heterocycles. The number of benzene rings is 2. The largest absolute Gasteiger partial charge is 0.491 e. The number of ether oxygens (including phenoxy) is 1. The molecule has 0 saturated heterocycles. The van der Waals surface area contributed by atoms with Crippen molar-refractivity contribution in [2.75, 3.05) is 6.61 Å². The minimum Gasteiger partial charge on any atom is -0.491 e. The monoisotopic (exact) mass is 271 g/mol. The summed E-state index contributed by atoms with van der Waals surface area (Å²) in [7, 11) is 0. The third-order valence-corrected chi connectivity index (χ3v) is 2.92. The first-order valence-corrected chi connectivity index (χ1v) is 6.39. The summed E-state index contributed by atoms with van der Waals surface area (Å²) in [6, 6.07) is 16.8. The maximum Gasteiger partial charge on any atom is 0.324 e. The van der Waals surface area contributed by atoms with Crippen LogP contribution >= 0.6 is 0 Å². The fourth-order valence-corrected chi connectivity index (χ4v) is 1.79. The van der Waals surface area contributed by atoms with E-state index in [1.807, 2.05) is 42.5 Å². The van der Waals surface area contributed by atoms with E-state index in [-0.39, 0.29) is 6.61 Å². The van der Waals surface area contributed by atoms with Gasteiger partial charge in [-0.15, -0.1) is 0 Å². The Bertz CT molecular complexity index is 552. The first-order valence-electron chi connectivity index (χ1n) is 6.39. The second kappa shape index (κ2) is 6.73. The van der Waals surface area contributed by atoms with Gasteiger partial charge in [0.2, 0.25) is 0 Å². The molecular weight excluding hydrogens is 254 g/mol. The maximum absolute atomic E-state index is 10.6. The summed E-state index contributed by atoms with van der Waals surface area (Å²) in [6.45, 7) is -0.0344. The molecule has 2 rings (SSSR count). The zero-order valence-corrected chi connectivity index (χ0v) is 11.0. The maximum atomic E-state index is 10.6. The fourth-order valence-electron chi connectivity index (χ4n) is 1.79. The molecule has 0 spiro atoms. The highest BCUT2D eigenvalue weighted by Crippen LogP contribution is 2.15. The van der Waals surface area contributed by atoms with Gasteiger partial charge in [-0.3, -0.25) is 4.79 Å². The van der Waals surface area contributed by atoms with Crippen molar-refractivity contribution in [1.82, 2.24) is 0 Å². The molecule has 2 aromatic carbocycles. The second-order valence-corrected chi connectivity index (χ2v) is 4.56. The number of hydrogen-bond acceptors (Lipinski definition) is 3. The lowest BCUT2D eigenvalue weighted by Gasteiger charge is -2.10. The molecule has 1 unspecified atom stereocenters. The predicted octanol–water partition coefficient (Wildman–Crippen LogP) is 2.07. The number of aliphatic carboxylic acids is 1. The molecule has 0 heterocycles. The third kappa shape index (κ3) is 4.10. The minimum absolute atomic E-state index is 0.0344. The van der Waals surface area contributed by atoms with Crippen LogP contribution in [0.3, 0.4) is 0 Å². The lowest BCUT2D eigenvalue weighted by molar-refractivity contribution is -0.139. The van der Waals surface area contributed by atoms with E-state index >= 15 is 0 Å². The molecule has 1 atom stereocenters. The predicted molar refractivity (Wildman–Crippen MR) is 76.8 cm³/mol. The van der Waals surface area contributed by atoms with Crippen LogP contribution in [-0.4, -0.2) is 23.7 Å². The molecule has 4 heteroatoms. The average molecular weight is 271 g/mol. The summed E-state index contributed by atoms with van der Waals surface area (Å²) in [5.41, 5.74) is 7.79. The Morgan fingerprint density at radius 2 is 1.65 bits per heavy atom. The zero-order valence-electron chi connectivity index (χ0n) is 11.0. The number of rotatable bonds is 6. The first kappa shape index (κ1) is 14.1. The van der Waals surface area contributed by atoms with Crippen molar-refractivity contribution in [3.05, 3.63) is 65.7 Å². The average Bonchev–Trinajstić information content (AvgIpc) is 2.47. The first-order chi connectivity index (χ1) is 9.65. The van der Waals surface area contributed by atoms with Gasteiger partial charge < -0.3 is 15.6 Å². The van der Waals surface area contributed by atoms with E-state index in [9.17, 15) is 4.79 Å². The van der Waals surface area contributed by atoms with Crippen molar-refractivity contribution in [3.8, 4) is 5.75 Å². The van der Waals surface area contributed by atoms with Gasteiger partial charge in [-0.2, -0.15) is 0 Å². The number of hydrogen-bond donors (Lipinski definition) is 2. The Labute approximate surface area is 117 Å². The summed E-state index contributed by atoms with van der Waals surface area (Å²) in [4.78, 5) is 10.6. The fraction of sp³-hybridized carbons (Fsp3) is 0.188. The molecule has 0 amide bonds. The number of nitrogens with two attached hydrogens (primary N) is 1. The molecule has 4 nitrogen and oxygen atoms in total. The van der Waals surface area contributed by atoms with Crippen LogP contribution in [0.25, 0.3) is 0 Å². The quantitative estimate of drug-likeness (QED) is 0.843. The highest BCUT2D eigenvalue weighted by Gasteiger charge is 2.11. The van der Waals surface area contributed by atoms with Crippen LogP contribution in [0.1, 0.15) is 11.1 Å². The lowest BCUT2D eigenvalue weighted by Crippen LogP contribution is -2.36. The smallest absolute Gasteiger partial charge is 0.324 e. The Morgan fingerprint density at radius 1 is 1.05 bits per heavy atom. The van der Waals surface area contributed by atoms with Crippen LogP contribution in [-0.2, 0) is 11.2 Å². The van der Waals surface area contributed by atoms with Gasteiger partial charge >= 0.3 is 5.97 Å². The molecule has 2 aromatic rings. The van der Waals surface area contributed by atoms with E-state index < -0.39 is 12.0 Å². The van der Waals surface area contributed by atoms with Crippen molar-refractivity contribution in [3.63, 3.8) is 0 Å². The van der Waals surface area contributed by atoms with Gasteiger partial charge in [0.15, 0.2) is 0 Å². The van der Waals surface area contributed by atoms with Gasteiger partial charge in [-0.1, -0.05) is 42.5 Å². The van der Waals surface area contributed by atoms with Crippen LogP contribution in [0.15, 0.2) is 54.6 Å². The van der Waals surface area contributed by atoms with Crippen LogP contribution in [0.5, 0.6) is 5.75 Å². The van der Waals surface area contributed by atoms with Gasteiger partial charge in [-0.25, -0.2) is 0 Å². The SMILES string of the molecule is NC(COc1ccc(Cc2ccccc2)cc1)C(=O)O. The summed E-state index contributed by atoms with van der Waals surface area (Å²) in [5.74, 6) is -0.441. The molecule has 0 bridgehead atoms. The van der Waals surface area contributed by atoms with E-state index in [1.165, 1.54) is 11.1 Å². The van der Waals surface area contributed by atoms with E-state index in [4.69, 9.17) is 15.6 Å². The summed E-state index contributed by atoms with van der Waals surface area (Å²) in [5, 5.41) is 8.66. The molecule has 3 N–H and O–H groups in total. The molecule has 0 aliphatic heterocycles. The normalized spacial score (nSPS) is 11.8. The zero-order chi connectivity index (χ0) is 14.4. The van der Waals surface area contributed by atoms with Gasteiger partial charge in [0, 0.05) is 0 Å². The number of carbonyl (C=O) groups is 1. The van der Waals surface area contributed by atoms with Crippen LogP contribution in [0.2, 0.25) is 0 Å². The van der Waals surface area contributed by atoms with Gasteiger partial charge in [-0.05, 0) is 29.7 Å². The Hall–Kier alpha value is -2.33. The van der Waals surface area contributed by atoms with Crippen LogP contribution in [0.4, 0.5) is 0 Å². The molecule has 0 fully saturated rings. The van der Waals surface area contributed by atoms with Gasteiger partial charge in [0.05, 0.1) is 0 Å². The van der Waals surface area contributed by atoms with Gasteiger partial charge in [0.25, 0.3) is 0 Å². The van der Waals surface area contributed by atoms with Crippen molar-refractivity contribution in [2.45, 2.75) is 12.5 Å². The molecule has 0 saturated carbocycles. The molecule has 0 aliphatic rings. The standard InChI is InChI=1S/C16H17NO3/c17-15(16(18)19)11-20-14-8-6-13(7-9-14)10-12-4-2-1-3-5-12/h1-9,15H,10-11,17H2,(H,18,19). The van der Waals surface area contributed by atoms with Crippen LogP contribution in [0, 0.1) is 0 Å². The number of carboxylic acids is 1. The third-order valence-electron chi connectivity index (χ3n) is 2.92. The van der Waals surface area contributed by atoms with Crippen LogP contribution < -0.4 is 10.5 Å².